The zero-order valence-corrected chi connectivity index (χ0v) is 15.0. The van der Waals surface area contributed by atoms with Crippen LogP contribution in [0.1, 0.15) is 24.0 Å². The van der Waals surface area contributed by atoms with Gasteiger partial charge in [-0.3, -0.25) is 9.59 Å². The SMILES string of the molecule is Cc1c(NC(=O)CNCCc2ccccc2)cccc1NC(=O)C1CC1. The third kappa shape index (κ3) is 5.17. The first-order valence-corrected chi connectivity index (χ1v) is 9.08. The molecule has 2 aromatic carbocycles. The second-order valence-corrected chi connectivity index (χ2v) is 6.70. The molecule has 5 heteroatoms. The summed E-state index contributed by atoms with van der Waals surface area (Å²) in [5.74, 6) is 0.132. The number of hydrogen-bond acceptors (Lipinski definition) is 3. The Morgan fingerprint density at radius 3 is 2.35 bits per heavy atom. The zero-order valence-electron chi connectivity index (χ0n) is 15.0. The van der Waals surface area contributed by atoms with E-state index >= 15 is 0 Å². The van der Waals surface area contributed by atoms with Gasteiger partial charge < -0.3 is 16.0 Å². The van der Waals surface area contributed by atoms with Crippen LogP contribution in [-0.2, 0) is 16.0 Å². The van der Waals surface area contributed by atoms with Crippen LogP contribution in [0.5, 0.6) is 0 Å². The van der Waals surface area contributed by atoms with Crippen LogP contribution in [0.2, 0.25) is 0 Å². The molecule has 136 valence electrons. The van der Waals surface area contributed by atoms with Crippen molar-refractivity contribution >= 4 is 23.2 Å². The number of nitrogens with one attached hydrogen (secondary N) is 3. The molecule has 1 fully saturated rings. The third-order valence-corrected chi connectivity index (χ3v) is 4.53. The first kappa shape index (κ1) is 18.1. The van der Waals surface area contributed by atoms with Crippen molar-refractivity contribution in [1.29, 1.82) is 0 Å². The van der Waals surface area contributed by atoms with Crippen molar-refractivity contribution in [2.24, 2.45) is 5.92 Å². The second kappa shape index (κ2) is 8.63. The minimum Gasteiger partial charge on any atom is -0.326 e. The van der Waals surface area contributed by atoms with E-state index in [0.29, 0.717) is 0 Å². The fraction of sp³-hybridized carbons (Fsp3) is 0.333. The van der Waals surface area contributed by atoms with Gasteiger partial charge in [0.1, 0.15) is 0 Å². The van der Waals surface area contributed by atoms with Crippen LogP contribution >= 0.6 is 0 Å². The van der Waals surface area contributed by atoms with E-state index < -0.39 is 0 Å². The van der Waals surface area contributed by atoms with Gasteiger partial charge in [-0.15, -0.1) is 0 Å². The van der Waals surface area contributed by atoms with Gasteiger partial charge in [-0.1, -0.05) is 36.4 Å². The fourth-order valence-corrected chi connectivity index (χ4v) is 2.76. The largest absolute Gasteiger partial charge is 0.326 e. The highest BCUT2D eigenvalue weighted by Crippen LogP contribution is 2.31. The molecule has 1 aliphatic carbocycles. The second-order valence-electron chi connectivity index (χ2n) is 6.70. The summed E-state index contributed by atoms with van der Waals surface area (Å²) < 4.78 is 0. The fourth-order valence-electron chi connectivity index (χ4n) is 2.76. The van der Waals surface area contributed by atoms with Gasteiger partial charge in [0.25, 0.3) is 0 Å². The first-order chi connectivity index (χ1) is 12.6. The molecule has 0 bridgehead atoms. The number of carbonyl (C=O) groups is 2. The van der Waals surface area contributed by atoms with E-state index in [1.807, 2.05) is 43.3 Å². The minimum atomic E-state index is -0.0909. The van der Waals surface area contributed by atoms with Crippen molar-refractivity contribution in [2.75, 3.05) is 23.7 Å². The van der Waals surface area contributed by atoms with E-state index in [2.05, 4.69) is 28.1 Å². The molecule has 2 amide bonds. The Morgan fingerprint density at radius 1 is 0.962 bits per heavy atom. The number of anilines is 2. The molecular weight excluding hydrogens is 326 g/mol. The molecule has 1 saturated carbocycles. The predicted molar refractivity (Wildman–Crippen MR) is 104 cm³/mol. The van der Waals surface area contributed by atoms with E-state index in [4.69, 9.17) is 0 Å². The lowest BCUT2D eigenvalue weighted by Crippen LogP contribution is -2.29. The molecular formula is C21H25N3O2. The summed E-state index contributed by atoms with van der Waals surface area (Å²) in [5, 5.41) is 9.03. The quantitative estimate of drug-likeness (QED) is 0.640. The monoisotopic (exact) mass is 351 g/mol. The number of rotatable bonds is 8. The molecule has 0 spiro atoms. The lowest BCUT2D eigenvalue weighted by Gasteiger charge is -2.13. The van der Waals surface area contributed by atoms with E-state index in [1.165, 1.54) is 5.56 Å². The minimum absolute atomic E-state index is 0.0687. The Kier molecular flexibility index (Phi) is 6.02. The predicted octanol–water partition coefficient (Wildman–Crippen LogP) is 3.11. The van der Waals surface area contributed by atoms with Crippen molar-refractivity contribution in [2.45, 2.75) is 26.2 Å². The smallest absolute Gasteiger partial charge is 0.238 e. The lowest BCUT2D eigenvalue weighted by atomic mass is 10.1. The molecule has 2 aromatic rings. The van der Waals surface area contributed by atoms with Crippen molar-refractivity contribution in [3.05, 3.63) is 59.7 Å². The van der Waals surface area contributed by atoms with Gasteiger partial charge in [0.15, 0.2) is 0 Å². The number of benzene rings is 2. The Hall–Kier alpha value is -2.66. The Balaban J connectivity index is 1.46. The number of hydrogen-bond donors (Lipinski definition) is 3. The highest BCUT2D eigenvalue weighted by molar-refractivity contribution is 5.97. The zero-order chi connectivity index (χ0) is 18.4. The topological polar surface area (TPSA) is 70.2 Å². The summed E-state index contributed by atoms with van der Waals surface area (Å²) in [6, 6.07) is 15.7. The molecule has 0 aliphatic heterocycles. The molecule has 0 atom stereocenters. The molecule has 0 saturated heterocycles. The van der Waals surface area contributed by atoms with E-state index in [1.54, 1.807) is 0 Å². The number of carbonyl (C=O) groups excluding carboxylic acids is 2. The van der Waals surface area contributed by atoms with Crippen molar-refractivity contribution in [3.8, 4) is 0 Å². The standard InChI is InChI=1S/C21H25N3O2/c1-15-18(8-5-9-19(15)24-21(26)17-10-11-17)23-20(25)14-22-13-12-16-6-3-2-4-7-16/h2-9,17,22H,10-14H2,1H3,(H,23,25)(H,24,26). The maximum absolute atomic E-state index is 12.2. The average molecular weight is 351 g/mol. The highest BCUT2D eigenvalue weighted by Gasteiger charge is 2.29. The van der Waals surface area contributed by atoms with Crippen LogP contribution in [0.3, 0.4) is 0 Å². The van der Waals surface area contributed by atoms with Crippen LogP contribution in [0.25, 0.3) is 0 Å². The molecule has 3 rings (SSSR count). The van der Waals surface area contributed by atoms with E-state index in [9.17, 15) is 9.59 Å². The molecule has 0 heterocycles. The van der Waals surface area contributed by atoms with E-state index in [-0.39, 0.29) is 24.3 Å². The maximum Gasteiger partial charge on any atom is 0.238 e. The highest BCUT2D eigenvalue weighted by atomic mass is 16.2. The molecule has 0 radical (unpaired) electrons. The van der Waals surface area contributed by atoms with Crippen LogP contribution in [0.4, 0.5) is 11.4 Å². The molecule has 0 aromatic heterocycles. The Morgan fingerprint density at radius 2 is 1.65 bits per heavy atom. The summed E-state index contributed by atoms with van der Waals surface area (Å²) >= 11 is 0. The third-order valence-electron chi connectivity index (χ3n) is 4.53. The van der Waals surface area contributed by atoms with Gasteiger partial charge in [-0.2, -0.15) is 0 Å². The van der Waals surface area contributed by atoms with Crippen molar-refractivity contribution in [3.63, 3.8) is 0 Å². The van der Waals surface area contributed by atoms with Gasteiger partial charge in [0.05, 0.1) is 6.54 Å². The van der Waals surface area contributed by atoms with Crippen LogP contribution in [-0.4, -0.2) is 24.9 Å². The summed E-state index contributed by atoms with van der Waals surface area (Å²) in [6.07, 6.45) is 2.82. The molecule has 1 aliphatic rings. The van der Waals surface area contributed by atoms with Crippen molar-refractivity contribution < 1.29 is 9.59 Å². The Labute approximate surface area is 154 Å². The average Bonchev–Trinajstić information content (AvgIpc) is 3.48. The summed E-state index contributed by atoms with van der Waals surface area (Å²) in [5.41, 5.74) is 3.61. The summed E-state index contributed by atoms with van der Waals surface area (Å²) in [7, 11) is 0. The molecule has 26 heavy (non-hydrogen) atoms. The van der Waals surface area contributed by atoms with Gasteiger partial charge in [0, 0.05) is 17.3 Å². The summed E-state index contributed by atoms with van der Waals surface area (Å²) in [4.78, 5) is 24.1. The number of amides is 2. The van der Waals surface area contributed by atoms with Gasteiger partial charge in [-0.05, 0) is 56.0 Å². The van der Waals surface area contributed by atoms with Crippen LogP contribution in [0, 0.1) is 12.8 Å². The van der Waals surface area contributed by atoms with Crippen molar-refractivity contribution in [1.82, 2.24) is 5.32 Å². The summed E-state index contributed by atoms with van der Waals surface area (Å²) in [6.45, 7) is 2.90. The molecule has 3 N–H and O–H groups in total. The van der Waals surface area contributed by atoms with Crippen LogP contribution < -0.4 is 16.0 Å². The normalized spacial score (nSPS) is 13.3. The van der Waals surface area contributed by atoms with Crippen LogP contribution in [0.15, 0.2) is 48.5 Å². The first-order valence-electron chi connectivity index (χ1n) is 9.08. The Bertz CT molecular complexity index is 770. The molecule has 5 nitrogen and oxygen atoms in total. The molecule has 0 unspecified atom stereocenters. The van der Waals surface area contributed by atoms with Gasteiger partial charge in [0.2, 0.25) is 11.8 Å². The van der Waals surface area contributed by atoms with Gasteiger partial charge in [-0.25, -0.2) is 0 Å². The lowest BCUT2D eigenvalue weighted by molar-refractivity contribution is -0.117. The van der Waals surface area contributed by atoms with Gasteiger partial charge >= 0.3 is 0 Å². The van der Waals surface area contributed by atoms with E-state index in [0.717, 1.165) is 42.7 Å². The maximum atomic E-state index is 12.2.